The molecule has 0 N–H and O–H groups in total. The lowest BCUT2D eigenvalue weighted by Crippen LogP contribution is -2.48. The Morgan fingerprint density at radius 1 is 1.11 bits per heavy atom. The molecular formula is C23H35BrN2O. The van der Waals surface area contributed by atoms with E-state index >= 15 is 0 Å². The first kappa shape index (κ1) is 20.9. The average molecular weight is 435 g/mol. The molecule has 4 heteroatoms. The summed E-state index contributed by atoms with van der Waals surface area (Å²) in [5.41, 5.74) is 1.30. The number of amides is 1. The molecule has 0 bridgehead atoms. The van der Waals surface area contributed by atoms with Crippen molar-refractivity contribution in [3.8, 4) is 0 Å². The van der Waals surface area contributed by atoms with Gasteiger partial charge in [0.25, 0.3) is 0 Å². The summed E-state index contributed by atoms with van der Waals surface area (Å²) in [6.45, 7) is 10.0. The Bertz CT molecular complexity index is 626. The van der Waals surface area contributed by atoms with Gasteiger partial charge in [-0.3, -0.25) is 9.69 Å². The molecule has 0 atom stereocenters. The lowest BCUT2D eigenvalue weighted by molar-refractivity contribution is -0.123. The zero-order valence-electron chi connectivity index (χ0n) is 17.2. The molecule has 1 saturated heterocycles. The molecule has 27 heavy (non-hydrogen) atoms. The fraction of sp³-hybridized carbons (Fsp3) is 0.696. The van der Waals surface area contributed by atoms with Crippen molar-refractivity contribution >= 4 is 27.5 Å². The van der Waals surface area contributed by atoms with Crippen LogP contribution in [0.1, 0.15) is 65.7 Å². The van der Waals surface area contributed by atoms with E-state index in [1.165, 1.54) is 32.1 Å². The summed E-state index contributed by atoms with van der Waals surface area (Å²) in [5.74, 6) is 1.16. The van der Waals surface area contributed by atoms with E-state index < -0.39 is 0 Å². The molecular weight excluding hydrogens is 400 g/mol. The predicted molar refractivity (Wildman–Crippen MR) is 117 cm³/mol. The minimum Gasteiger partial charge on any atom is -0.312 e. The van der Waals surface area contributed by atoms with Crippen LogP contribution in [0, 0.1) is 11.8 Å². The topological polar surface area (TPSA) is 23.6 Å². The molecule has 1 aliphatic carbocycles. The summed E-state index contributed by atoms with van der Waals surface area (Å²) >= 11 is 3.59. The summed E-state index contributed by atoms with van der Waals surface area (Å²) in [6.07, 6.45) is 8.17. The zero-order chi connectivity index (χ0) is 19.4. The van der Waals surface area contributed by atoms with Gasteiger partial charge in [0.2, 0.25) is 5.91 Å². The summed E-state index contributed by atoms with van der Waals surface area (Å²) in [7, 11) is 0. The van der Waals surface area contributed by atoms with Gasteiger partial charge >= 0.3 is 0 Å². The molecule has 1 saturated carbocycles. The van der Waals surface area contributed by atoms with Crippen LogP contribution in [-0.2, 0) is 4.79 Å². The predicted octanol–water partition coefficient (Wildman–Crippen LogP) is 5.87. The van der Waals surface area contributed by atoms with Crippen molar-refractivity contribution in [2.75, 3.05) is 24.5 Å². The van der Waals surface area contributed by atoms with Gasteiger partial charge in [0.15, 0.2) is 0 Å². The molecule has 0 aromatic heterocycles. The number of carbonyl (C=O) groups is 1. The Morgan fingerprint density at radius 2 is 1.78 bits per heavy atom. The van der Waals surface area contributed by atoms with Crippen LogP contribution in [0.2, 0.25) is 0 Å². The number of hydrogen-bond donors (Lipinski definition) is 0. The maximum Gasteiger partial charge on any atom is 0.230 e. The Morgan fingerprint density at radius 3 is 2.37 bits per heavy atom. The van der Waals surface area contributed by atoms with E-state index in [0.717, 1.165) is 42.6 Å². The fourth-order valence-corrected chi connectivity index (χ4v) is 4.97. The van der Waals surface area contributed by atoms with E-state index in [1.807, 2.05) is 12.1 Å². The number of hydrogen-bond acceptors (Lipinski definition) is 2. The number of likely N-dealkylation sites (tertiary alicyclic amines) is 1. The highest BCUT2D eigenvalue weighted by molar-refractivity contribution is 9.10. The Hall–Kier alpha value is -0.870. The molecule has 1 aliphatic heterocycles. The summed E-state index contributed by atoms with van der Waals surface area (Å²) in [6, 6.07) is 8.28. The second kappa shape index (κ2) is 9.09. The van der Waals surface area contributed by atoms with Gasteiger partial charge in [-0.2, -0.15) is 0 Å². The SMILES string of the molecule is CC(C)(C)N1CCC(CN(C(=O)C2CCCCC2)c2cccc(Br)c2)CC1. The molecule has 1 aromatic rings. The van der Waals surface area contributed by atoms with Crippen LogP contribution in [0.3, 0.4) is 0 Å². The minimum atomic E-state index is 0.215. The van der Waals surface area contributed by atoms with Crippen molar-refractivity contribution in [1.82, 2.24) is 4.90 Å². The van der Waals surface area contributed by atoms with Crippen LogP contribution >= 0.6 is 15.9 Å². The first-order chi connectivity index (χ1) is 12.8. The van der Waals surface area contributed by atoms with E-state index in [0.29, 0.717) is 11.8 Å². The molecule has 1 amide bonds. The zero-order valence-corrected chi connectivity index (χ0v) is 18.8. The highest BCUT2D eigenvalue weighted by Gasteiger charge is 2.32. The van der Waals surface area contributed by atoms with Crippen molar-refractivity contribution in [3.05, 3.63) is 28.7 Å². The Kier molecular flexibility index (Phi) is 7.02. The third-order valence-corrected chi connectivity index (χ3v) is 6.84. The normalized spacial score (nSPS) is 20.6. The fourth-order valence-electron chi connectivity index (χ4n) is 4.58. The largest absolute Gasteiger partial charge is 0.312 e. The van der Waals surface area contributed by atoms with E-state index in [1.54, 1.807) is 0 Å². The smallest absolute Gasteiger partial charge is 0.230 e. The summed E-state index contributed by atoms with van der Waals surface area (Å²) < 4.78 is 1.05. The number of rotatable bonds is 4. The van der Waals surface area contributed by atoms with E-state index in [2.05, 4.69) is 58.6 Å². The molecule has 150 valence electrons. The molecule has 0 spiro atoms. The molecule has 1 aromatic carbocycles. The number of piperidine rings is 1. The van der Waals surface area contributed by atoms with Gasteiger partial charge in [-0.15, -0.1) is 0 Å². The van der Waals surface area contributed by atoms with Crippen molar-refractivity contribution in [1.29, 1.82) is 0 Å². The quantitative estimate of drug-likeness (QED) is 0.590. The second-order valence-corrected chi connectivity index (χ2v) is 10.3. The van der Waals surface area contributed by atoms with E-state index in [-0.39, 0.29) is 11.5 Å². The van der Waals surface area contributed by atoms with Crippen LogP contribution in [0.5, 0.6) is 0 Å². The number of nitrogens with zero attached hydrogens (tertiary/aromatic N) is 2. The molecule has 0 radical (unpaired) electrons. The third kappa shape index (κ3) is 5.57. The van der Waals surface area contributed by atoms with Crippen LogP contribution in [0.25, 0.3) is 0 Å². The van der Waals surface area contributed by atoms with Crippen LogP contribution in [-0.4, -0.2) is 36.0 Å². The highest BCUT2D eigenvalue weighted by atomic mass is 79.9. The molecule has 1 heterocycles. The molecule has 2 aliphatic rings. The van der Waals surface area contributed by atoms with Crippen molar-refractivity contribution in [2.45, 2.75) is 71.3 Å². The Labute approximate surface area is 173 Å². The second-order valence-electron chi connectivity index (χ2n) is 9.36. The number of anilines is 1. The maximum absolute atomic E-state index is 13.4. The number of halogens is 1. The summed E-state index contributed by atoms with van der Waals surface area (Å²) in [4.78, 5) is 18.1. The van der Waals surface area contributed by atoms with Crippen LogP contribution < -0.4 is 4.90 Å². The molecule has 3 nitrogen and oxygen atoms in total. The minimum absolute atomic E-state index is 0.215. The average Bonchev–Trinajstić information content (AvgIpc) is 2.66. The van der Waals surface area contributed by atoms with E-state index in [9.17, 15) is 4.79 Å². The van der Waals surface area contributed by atoms with Gasteiger partial charge in [0.05, 0.1) is 0 Å². The molecule has 2 fully saturated rings. The van der Waals surface area contributed by atoms with Crippen molar-refractivity contribution in [3.63, 3.8) is 0 Å². The standard InChI is InChI=1S/C23H35BrN2O/c1-23(2,3)25-14-12-18(13-15-25)17-26(21-11-7-10-20(24)16-21)22(27)19-8-5-4-6-9-19/h7,10-11,16,18-19H,4-6,8-9,12-15,17H2,1-3H3. The third-order valence-electron chi connectivity index (χ3n) is 6.34. The first-order valence-electron chi connectivity index (χ1n) is 10.7. The van der Waals surface area contributed by atoms with Gasteiger partial charge in [-0.25, -0.2) is 0 Å². The van der Waals surface area contributed by atoms with E-state index in [4.69, 9.17) is 0 Å². The molecule has 3 rings (SSSR count). The number of benzene rings is 1. The van der Waals surface area contributed by atoms with Gasteiger partial charge < -0.3 is 4.90 Å². The van der Waals surface area contributed by atoms with Crippen LogP contribution in [0.4, 0.5) is 5.69 Å². The van der Waals surface area contributed by atoms with Gasteiger partial charge in [0, 0.05) is 28.2 Å². The lowest BCUT2D eigenvalue weighted by atomic mass is 9.87. The van der Waals surface area contributed by atoms with Gasteiger partial charge in [0.1, 0.15) is 0 Å². The highest BCUT2D eigenvalue weighted by Crippen LogP contribution is 2.31. The Balaban J connectivity index is 1.71. The monoisotopic (exact) mass is 434 g/mol. The van der Waals surface area contributed by atoms with Crippen molar-refractivity contribution < 1.29 is 4.79 Å². The number of carbonyl (C=O) groups excluding carboxylic acids is 1. The van der Waals surface area contributed by atoms with Crippen LogP contribution in [0.15, 0.2) is 28.7 Å². The lowest BCUT2D eigenvalue weighted by Gasteiger charge is -2.42. The van der Waals surface area contributed by atoms with Gasteiger partial charge in [-0.1, -0.05) is 41.3 Å². The van der Waals surface area contributed by atoms with Gasteiger partial charge in [-0.05, 0) is 83.7 Å². The summed E-state index contributed by atoms with van der Waals surface area (Å²) in [5, 5.41) is 0. The first-order valence-corrected chi connectivity index (χ1v) is 11.5. The molecule has 0 unspecified atom stereocenters. The maximum atomic E-state index is 13.4. The van der Waals surface area contributed by atoms with Crippen molar-refractivity contribution in [2.24, 2.45) is 11.8 Å².